The molecule has 1 aromatic carbocycles. The molecule has 2 amide bonds. The van der Waals surface area contributed by atoms with Gasteiger partial charge in [-0.15, -0.1) is 11.8 Å². The predicted molar refractivity (Wildman–Crippen MR) is 132 cm³/mol. The normalized spacial score (nSPS) is 22.0. The molecule has 35 heavy (non-hydrogen) atoms. The van der Waals surface area contributed by atoms with Gasteiger partial charge in [-0.25, -0.2) is 9.80 Å². The van der Waals surface area contributed by atoms with E-state index in [2.05, 4.69) is 5.32 Å². The van der Waals surface area contributed by atoms with Gasteiger partial charge in [0.1, 0.15) is 18.0 Å². The number of esters is 1. The van der Waals surface area contributed by atoms with Gasteiger partial charge in [0.15, 0.2) is 0 Å². The summed E-state index contributed by atoms with van der Waals surface area (Å²) in [5.74, 6) is -2.09. The van der Waals surface area contributed by atoms with Crippen molar-refractivity contribution >= 4 is 35.5 Å². The lowest BCUT2D eigenvalue weighted by Crippen LogP contribution is -2.61. The van der Waals surface area contributed by atoms with Crippen LogP contribution in [0.5, 0.6) is 0 Å². The highest BCUT2D eigenvalue weighted by atomic mass is 32.2. The first-order valence-electron chi connectivity index (χ1n) is 12.0. The first-order chi connectivity index (χ1) is 16.6. The van der Waals surface area contributed by atoms with Crippen molar-refractivity contribution in [3.8, 4) is 0 Å². The number of carboxylic acids is 1. The second-order valence-electron chi connectivity index (χ2n) is 9.98. The van der Waals surface area contributed by atoms with E-state index in [0.717, 1.165) is 5.56 Å². The molecule has 0 bridgehead atoms. The summed E-state index contributed by atoms with van der Waals surface area (Å²) in [5, 5.41) is 15.1. The second-order valence-corrected chi connectivity index (χ2v) is 11.1. The molecule has 1 unspecified atom stereocenters. The number of nitrogens with one attached hydrogen (secondary N) is 1. The molecule has 2 aliphatic rings. The average Bonchev–Trinajstić information content (AvgIpc) is 2.97. The van der Waals surface area contributed by atoms with E-state index in [1.54, 1.807) is 25.8 Å². The maximum absolute atomic E-state index is 13.4. The van der Waals surface area contributed by atoms with E-state index in [-0.39, 0.29) is 23.7 Å². The fourth-order valence-corrected chi connectivity index (χ4v) is 5.11. The van der Waals surface area contributed by atoms with Crippen molar-refractivity contribution in [3.63, 3.8) is 0 Å². The third-order valence-electron chi connectivity index (χ3n) is 6.16. The summed E-state index contributed by atoms with van der Waals surface area (Å²) in [4.78, 5) is 50.7. The quantitative estimate of drug-likeness (QED) is 0.409. The zero-order valence-corrected chi connectivity index (χ0v) is 21.4. The predicted octanol–water partition coefficient (Wildman–Crippen LogP) is 2.45. The van der Waals surface area contributed by atoms with Crippen LogP contribution in [0, 0.1) is 5.41 Å². The van der Waals surface area contributed by atoms with Crippen molar-refractivity contribution in [1.29, 1.82) is 0 Å². The summed E-state index contributed by atoms with van der Waals surface area (Å²) in [7, 11) is 0. The van der Waals surface area contributed by atoms with E-state index in [1.807, 2.05) is 30.3 Å². The van der Waals surface area contributed by atoms with E-state index in [9.17, 15) is 24.3 Å². The van der Waals surface area contributed by atoms with Crippen LogP contribution in [0.2, 0.25) is 0 Å². The minimum Gasteiger partial charge on any atom is -0.480 e. The van der Waals surface area contributed by atoms with Gasteiger partial charge < -0.3 is 15.2 Å². The lowest BCUT2D eigenvalue weighted by Gasteiger charge is -2.42. The summed E-state index contributed by atoms with van der Waals surface area (Å²) in [5.41, 5.74) is 0.300. The van der Waals surface area contributed by atoms with Crippen LogP contribution in [0.1, 0.15) is 52.0 Å². The van der Waals surface area contributed by atoms with Gasteiger partial charge in [0.05, 0.1) is 10.7 Å². The fraction of sp³-hybridized carbons (Fsp3) is 0.600. The number of hydrazine groups is 1. The van der Waals surface area contributed by atoms with E-state index >= 15 is 0 Å². The largest absolute Gasteiger partial charge is 0.480 e. The molecule has 2 heterocycles. The number of aliphatic carboxylic acids is 1. The van der Waals surface area contributed by atoms with Gasteiger partial charge in [0.2, 0.25) is 5.91 Å². The van der Waals surface area contributed by atoms with E-state index < -0.39 is 28.7 Å². The van der Waals surface area contributed by atoms with Gasteiger partial charge in [-0.2, -0.15) is 0 Å². The molecule has 9 nitrogen and oxygen atoms in total. The molecular formula is C25H35N3O6S. The highest BCUT2D eigenvalue weighted by molar-refractivity contribution is 8.00. The molecule has 192 valence electrons. The summed E-state index contributed by atoms with van der Waals surface area (Å²) in [6.45, 7) is 6.49. The Bertz CT molecular complexity index is 920. The van der Waals surface area contributed by atoms with E-state index in [1.165, 1.54) is 16.8 Å². The Labute approximate surface area is 210 Å². The monoisotopic (exact) mass is 505 g/mol. The number of carbonyl (C=O) groups excluding carboxylic acids is 3. The molecular weight excluding hydrogens is 470 g/mol. The maximum atomic E-state index is 13.4. The van der Waals surface area contributed by atoms with Crippen LogP contribution in [-0.4, -0.2) is 75.2 Å². The number of fused-ring (bicyclic) bond motifs is 1. The summed E-state index contributed by atoms with van der Waals surface area (Å²) >= 11 is 1.21. The second kappa shape index (κ2) is 11.9. The van der Waals surface area contributed by atoms with Crippen LogP contribution in [0.25, 0.3) is 0 Å². The lowest BCUT2D eigenvalue weighted by molar-refractivity contribution is -0.174. The zero-order chi connectivity index (χ0) is 25.6. The van der Waals surface area contributed by atoms with Crippen molar-refractivity contribution in [3.05, 3.63) is 35.9 Å². The van der Waals surface area contributed by atoms with E-state index in [4.69, 9.17) is 4.74 Å². The number of benzene rings is 1. The first kappa shape index (κ1) is 27.0. The number of ether oxygens (including phenoxy) is 1. The van der Waals surface area contributed by atoms with Crippen molar-refractivity contribution in [2.75, 3.05) is 19.0 Å². The lowest BCUT2D eigenvalue weighted by atomic mass is 9.98. The van der Waals surface area contributed by atoms with Crippen LogP contribution < -0.4 is 5.32 Å². The maximum Gasteiger partial charge on any atom is 0.328 e. The Morgan fingerprint density at radius 3 is 2.43 bits per heavy atom. The molecule has 0 saturated carbocycles. The number of amides is 2. The van der Waals surface area contributed by atoms with Crippen LogP contribution >= 0.6 is 11.8 Å². The summed E-state index contributed by atoms with van der Waals surface area (Å²) < 4.78 is 5.36. The molecule has 2 aliphatic heterocycles. The molecule has 2 saturated heterocycles. The van der Waals surface area contributed by atoms with Crippen LogP contribution in [0.3, 0.4) is 0 Å². The SMILES string of the molecule is CC(C)(C)C(=O)OCS[C@H](Cc1ccccc1)C(=O)NC1CCCN2CCC[C@@H](C(=O)O)N2C1=O. The molecule has 2 fully saturated rings. The molecule has 2 N–H and O–H groups in total. The van der Waals surface area contributed by atoms with Gasteiger partial charge in [-0.1, -0.05) is 30.3 Å². The number of rotatable bonds is 8. The number of hydrogen-bond donors (Lipinski definition) is 2. The number of thioether (sulfide) groups is 1. The van der Waals surface area contributed by atoms with Crippen molar-refractivity contribution < 1.29 is 29.0 Å². The third kappa shape index (κ3) is 7.20. The van der Waals surface area contributed by atoms with Gasteiger partial charge >= 0.3 is 11.9 Å². The van der Waals surface area contributed by atoms with Crippen molar-refractivity contribution in [1.82, 2.24) is 15.3 Å². The molecule has 0 spiro atoms. The first-order valence-corrected chi connectivity index (χ1v) is 13.1. The third-order valence-corrected chi connectivity index (χ3v) is 7.19. The summed E-state index contributed by atoms with van der Waals surface area (Å²) in [6.07, 6.45) is 2.61. The minimum atomic E-state index is -1.03. The average molecular weight is 506 g/mol. The summed E-state index contributed by atoms with van der Waals surface area (Å²) in [6, 6.07) is 7.79. The Balaban J connectivity index is 1.71. The molecule has 3 atom stereocenters. The zero-order valence-electron chi connectivity index (χ0n) is 20.6. The standard InChI is InChI=1S/C25H35N3O6S/c1-25(2,3)24(33)34-16-35-20(15-17-9-5-4-6-10-17)21(29)26-18-11-7-13-27-14-8-12-19(23(31)32)28(27)22(18)30/h4-6,9-10,18-20H,7-8,11-16H2,1-3H3,(H,26,29)(H,31,32)/t18?,19-,20+/m0/s1. The Morgan fingerprint density at radius 2 is 1.80 bits per heavy atom. The van der Waals surface area contributed by atoms with Gasteiger partial charge in [0, 0.05) is 13.1 Å². The van der Waals surface area contributed by atoms with Crippen LogP contribution in [0.4, 0.5) is 0 Å². The van der Waals surface area contributed by atoms with Crippen LogP contribution in [-0.2, 0) is 30.3 Å². The molecule has 0 aromatic heterocycles. The van der Waals surface area contributed by atoms with Gasteiger partial charge in [-0.3, -0.25) is 19.4 Å². The molecule has 10 heteroatoms. The molecule has 3 rings (SSSR count). The number of carboxylic acid groups (broad SMARTS) is 1. The highest BCUT2D eigenvalue weighted by Crippen LogP contribution is 2.25. The topological polar surface area (TPSA) is 116 Å². The smallest absolute Gasteiger partial charge is 0.328 e. The van der Waals surface area contributed by atoms with Crippen LogP contribution in [0.15, 0.2) is 30.3 Å². The van der Waals surface area contributed by atoms with Gasteiger partial charge in [0.25, 0.3) is 5.91 Å². The minimum absolute atomic E-state index is 0.0145. The Kier molecular flexibility index (Phi) is 9.18. The highest BCUT2D eigenvalue weighted by Gasteiger charge is 2.42. The molecule has 1 aromatic rings. The number of hydrogen-bond acceptors (Lipinski definition) is 7. The van der Waals surface area contributed by atoms with Crippen molar-refractivity contribution in [2.24, 2.45) is 5.41 Å². The number of carbonyl (C=O) groups is 4. The fourth-order valence-electron chi connectivity index (χ4n) is 4.24. The Hall–Kier alpha value is -2.59. The Morgan fingerprint density at radius 1 is 1.14 bits per heavy atom. The van der Waals surface area contributed by atoms with Gasteiger partial charge in [-0.05, 0) is 58.4 Å². The van der Waals surface area contributed by atoms with Crippen molar-refractivity contribution in [2.45, 2.75) is 70.2 Å². The van der Waals surface area contributed by atoms with E-state index in [0.29, 0.717) is 45.2 Å². The molecule has 0 radical (unpaired) electrons. The molecule has 0 aliphatic carbocycles. The number of nitrogens with zero attached hydrogens (tertiary/aromatic N) is 2.